The van der Waals surface area contributed by atoms with E-state index in [1.54, 1.807) is 6.07 Å². The van der Waals surface area contributed by atoms with E-state index in [4.69, 9.17) is 10.5 Å². The van der Waals surface area contributed by atoms with Crippen molar-refractivity contribution >= 4 is 15.9 Å². The first kappa shape index (κ1) is 8.97. The highest BCUT2D eigenvalue weighted by atomic mass is 79.9. The summed E-state index contributed by atoms with van der Waals surface area (Å²) in [5.74, 6) is 0.242. The summed E-state index contributed by atoms with van der Waals surface area (Å²) in [6.45, 7) is 0.552. The Kier molecular flexibility index (Phi) is 2.26. The molecule has 0 amide bonds. The van der Waals surface area contributed by atoms with Crippen LogP contribution in [0.4, 0.5) is 4.39 Å². The molecule has 0 aliphatic carbocycles. The van der Waals surface area contributed by atoms with E-state index in [2.05, 4.69) is 15.9 Å². The Morgan fingerprint density at radius 2 is 2.31 bits per heavy atom. The van der Waals surface area contributed by atoms with Crippen LogP contribution in [0.5, 0.6) is 5.75 Å². The van der Waals surface area contributed by atoms with Gasteiger partial charge in [-0.2, -0.15) is 0 Å². The van der Waals surface area contributed by atoms with Gasteiger partial charge >= 0.3 is 0 Å². The van der Waals surface area contributed by atoms with Crippen LogP contribution in [0.3, 0.4) is 0 Å². The molecule has 0 saturated carbocycles. The molecule has 4 heteroatoms. The molecule has 0 radical (unpaired) electrons. The number of fused-ring (bicyclic) bond motifs is 1. The van der Waals surface area contributed by atoms with Gasteiger partial charge in [-0.15, -0.1) is 0 Å². The first-order valence-electron chi connectivity index (χ1n) is 4.06. The van der Waals surface area contributed by atoms with Crippen LogP contribution in [0.25, 0.3) is 0 Å². The lowest BCUT2D eigenvalue weighted by Gasteiger charge is -2.23. The van der Waals surface area contributed by atoms with E-state index in [-0.39, 0.29) is 11.9 Å². The van der Waals surface area contributed by atoms with Gasteiger partial charge in [0.15, 0.2) is 0 Å². The highest BCUT2D eigenvalue weighted by Crippen LogP contribution is 2.38. The van der Waals surface area contributed by atoms with E-state index in [0.29, 0.717) is 16.8 Å². The smallest absolute Gasteiger partial charge is 0.141 e. The van der Waals surface area contributed by atoms with Crippen molar-refractivity contribution in [2.24, 2.45) is 5.73 Å². The number of ether oxygens (including phenoxy) is 1. The highest BCUT2D eigenvalue weighted by Gasteiger charge is 2.21. The molecule has 1 heterocycles. The maximum Gasteiger partial charge on any atom is 0.141 e. The fourth-order valence-electron chi connectivity index (χ4n) is 1.43. The minimum atomic E-state index is -0.312. The Hall–Kier alpha value is -0.610. The van der Waals surface area contributed by atoms with Gasteiger partial charge in [-0.1, -0.05) is 6.07 Å². The third-order valence-corrected chi connectivity index (χ3v) is 2.89. The minimum Gasteiger partial charge on any atom is -0.492 e. The predicted molar refractivity (Wildman–Crippen MR) is 51.1 cm³/mol. The van der Waals surface area contributed by atoms with E-state index in [1.165, 1.54) is 6.07 Å². The van der Waals surface area contributed by atoms with E-state index in [0.717, 1.165) is 12.0 Å². The van der Waals surface area contributed by atoms with Crippen LogP contribution >= 0.6 is 15.9 Å². The third-order valence-electron chi connectivity index (χ3n) is 2.16. The summed E-state index contributed by atoms with van der Waals surface area (Å²) in [5, 5.41) is 0. The number of rotatable bonds is 0. The fraction of sp³-hybridized carbons (Fsp3) is 0.333. The molecule has 1 aromatic carbocycles. The SMILES string of the molecule is NC1CCOc2c1ccc(F)c2Br. The molecule has 2 N–H and O–H groups in total. The first-order valence-corrected chi connectivity index (χ1v) is 4.85. The van der Waals surface area contributed by atoms with Gasteiger partial charge in [0.1, 0.15) is 11.6 Å². The highest BCUT2D eigenvalue weighted by molar-refractivity contribution is 9.10. The Bertz CT molecular complexity index is 343. The van der Waals surface area contributed by atoms with Crippen molar-refractivity contribution in [2.75, 3.05) is 6.61 Å². The predicted octanol–water partition coefficient (Wildman–Crippen LogP) is 2.37. The lowest BCUT2D eigenvalue weighted by molar-refractivity contribution is 0.265. The molecule has 1 unspecified atom stereocenters. The summed E-state index contributed by atoms with van der Waals surface area (Å²) < 4.78 is 18.8. The maximum absolute atomic E-state index is 13.1. The van der Waals surface area contributed by atoms with Gasteiger partial charge in [0.05, 0.1) is 11.1 Å². The minimum absolute atomic E-state index is 0.0411. The molecule has 2 nitrogen and oxygen atoms in total. The number of hydrogen-bond donors (Lipinski definition) is 1. The van der Waals surface area contributed by atoms with Crippen LogP contribution in [-0.4, -0.2) is 6.61 Å². The van der Waals surface area contributed by atoms with Gasteiger partial charge in [-0.25, -0.2) is 4.39 Å². The Morgan fingerprint density at radius 1 is 1.54 bits per heavy atom. The van der Waals surface area contributed by atoms with Gasteiger partial charge in [0.25, 0.3) is 0 Å². The number of nitrogens with two attached hydrogens (primary N) is 1. The molecule has 0 fully saturated rings. The number of benzene rings is 1. The van der Waals surface area contributed by atoms with Crippen molar-refractivity contribution in [2.45, 2.75) is 12.5 Å². The van der Waals surface area contributed by atoms with E-state index in [9.17, 15) is 4.39 Å². The molecule has 1 aromatic rings. The molecular weight excluding hydrogens is 237 g/mol. The molecule has 13 heavy (non-hydrogen) atoms. The zero-order valence-corrected chi connectivity index (χ0v) is 8.47. The van der Waals surface area contributed by atoms with Crippen molar-refractivity contribution in [1.82, 2.24) is 0 Å². The lowest BCUT2D eigenvalue weighted by Crippen LogP contribution is -2.21. The van der Waals surface area contributed by atoms with Crippen molar-refractivity contribution in [3.63, 3.8) is 0 Å². The topological polar surface area (TPSA) is 35.2 Å². The summed E-state index contributed by atoms with van der Waals surface area (Å²) in [5.41, 5.74) is 6.72. The zero-order chi connectivity index (χ0) is 9.42. The summed E-state index contributed by atoms with van der Waals surface area (Å²) in [4.78, 5) is 0. The monoisotopic (exact) mass is 245 g/mol. The van der Waals surface area contributed by atoms with Gasteiger partial charge in [0, 0.05) is 18.0 Å². The van der Waals surface area contributed by atoms with E-state index >= 15 is 0 Å². The van der Waals surface area contributed by atoms with Crippen LogP contribution in [0.15, 0.2) is 16.6 Å². The maximum atomic E-state index is 13.1. The van der Waals surface area contributed by atoms with Gasteiger partial charge in [-0.05, 0) is 22.0 Å². The standard InChI is InChI=1S/C9H9BrFNO/c10-8-6(11)2-1-5-7(12)3-4-13-9(5)8/h1-2,7H,3-4,12H2. The quantitative estimate of drug-likeness (QED) is 0.762. The second-order valence-corrected chi connectivity index (χ2v) is 3.82. The van der Waals surface area contributed by atoms with E-state index in [1.807, 2.05) is 0 Å². The number of hydrogen-bond acceptors (Lipinski definition) is 2. The van der Waals surface area contributed by atoms with Crippen LogP contribution in [0.2, 0.25) is 0 Å². The largest absolute Gasteiger partial charge is 0.492 e. The summed E-state index contributed by atoms with van der Waals surface area (Å²) in [6.07, 6.45) is 0.783. The van der Waals surface area contributed by atoms with Crippen molar-refractivity contribution in [3.8, 4) is 5.75 Å². The second-order valence-electron chi connectivity index (χ2n) is 3.02. The lowest BCUT2D eigenvalue weighted by atomic mass is 10.0. The van der Waals surface area contributed by atoms with Crippen molar-refractivity contribution in [3.05, 3.63) is 28.0 Å². The fourth-order valence-corrected chi connectivity index (χ4v) is 1.90. The Labute approximate surface area is 84.0 Å². The molecule has 1 aliphatic heterocycles. The van der Waals surface area contributed by atoms with Crippen molar-refractivity contribution in [1.29, 1.82) is 0 Å². The van der Waals surface area contributed by atoms with Gasteiger partial charge < -0.3 is 10.5 Å². The normalized spacial score (nSPS) is 20.7. The molecule has 1 aliphatic rings. The molecule has 0 saturated heterocycles. The first-order chi connectivity index (χ1) is 6.20. The summed E-state index contributed by atoms with van der Waals surface area (Å²) in [6, 6.07) is 3.04. The zero-order valence-electron chi connectivity index (χ0n) is 6.89. The molecule has 70 valence electrons. The Balaban J connectivity index is 2.56. The van der Waals surface area contributed by atoms with Crippen LogP contribution in [-0.2, 0) is 0 Å². The average molecular weight is 246 g/mol. The van der Waals surface area contributed by atoms with Crippen LogP contribution in [0.1, 0.15) is 18.0 Å². The van der Waals surface area contributed by atoms with Gasteiger partial charge in [0.2, 0.25) is 0 Å². The molecule has 2 rings (SSSR count). The average Bonchev–Trinajstić information content (AvgIpc) is 2.12. The van der Waals surface area contributed by atoms with Crippen LogP contribution in [0, 0.1) is 5.82 Å². The molecule has 0 bridgehead atoms. The van der Waals surface area contributed by atoms with Crippen molar-refractivity contribution < 1.29 is 9.13 Å². The number of halogens is 2. The molecule has 0 spiro atoms. The summed E-state index contributed by atoms with van der Waals surface area (Å²) in [7, 11) is 0. The second kappa shape index (κ2) is 3.27. The Morgan fingerprint density at radius 3 is 3.08 bits per heavy atom. The molecule has 0 aromatic heterocycles. The third kappa shape index (κ3) is 1.44. The van der Waals surface area contributed by atoms with Crippen LogP contribution < -0.4 is 10.5 Å². The van der Waals surface area contributed by atoms with Gasteiger partial charge in [-0.3, -0.25) is 0 Å². The molecular formula is C9H9BrFNO. The molecule has 1 atom stereocenters. The van der Waals surface area contributed by atoms with E-state index < -0.39 is 0 Å². The summed E-state index contributed by atoms with van der Waals surface area (Å²) >= 11 is 3.14.